The number of nitrogens with zero attached hydrogens (tertiary/aromatic N) is 2. The SMILES string of the molecule is CC(C)c1ccnc2c(-c3cccc(-c4cccc5oc(-c6ccccc6O)nc45)c3)cc(C(C)(C)C)cc12. The van der Waals surface area contributed by atoms with E-state index in [9.17, 15) is 5.11 Å². The molecule has 0 aliphatic carbocycles. The third-order valence-corrected chi connectivity index (χ3v) is 7.40. The first-order chi connectivity index (χ1) is 18.7. The lowest BCUT2D eigenvalue weighted by molar-refractivity contribution is 0.474. The van der Waals surface area contributed by atoms with Crippen LogP contribution in [-0.2, 0) is 5.41 Å². The number of para-hydroxylation sites is 2. The van der Waals surface area contributed by atoms with E-state index in [1.807, 2.05) is 30.5 Å². The minimum absolute atomic E-state index is 0.00362. The van der Waals surface area contributed by atoms with Crippen LogP contribution in [0, 0.1) is 0 Å². The van der Waals surface area contributed by atoms with Crippen LogP contribution in [0.1, 0.15) is 51.7 Å². The van der Waals surface area contributed by atoms with E-state index in [4.69, 9.17) is 14.4 Å². The Kier molecular flexibility index (Phi) is 5.99. The molecule has 0 fully saturated rings. The fourth-order valence-electron chi connectivity index (χ4n) is 5.24. The molecule has 0 saturated heterocycles. The summed E-state index contributed by atoms with van der Waals surface area (Å²) < 4.78 is 6.08. The zero-order valence-electron chi connectivity index (χ0n) is 23.0. The van der Waals surface area contributed by atoms with Gasteiger partial charge in [0.25, 0.3) is 0 Å². The molecule has 0 spiro atoms. The van der Waals surface area contributed by atoms with Crippen LogP contribution in [0.25, 0.3) is 55.7 Å². The van der Waals surface area contributed by atoms with Gasteiger partial charge in [-0.1, -0.05) is 77.1 Å². The summed E-state index contributed by atoms with van der Waals surface area (Å²) in [6.07, 6.45) is 1.93. The molecule has 4 aromatic carbocycles. The van der Waals surface area contributed by atoms with Gasteiger partial charge in [-0.05, 0) is 76.1 Å². The van der Waals surface area contributed by atoms with Gasteiger partial charge in [-0.15, -0.1) is 0 Å². The van der Waals surface area contributed by atoms with E-state index >= 15 is 0 Å². The number of phenolic OH excluding ortho intramolecular Hbond substituents is 1. The Morgan fingerprint density at radius 1 is 0.744 bits per heavy atom. The van der Waals surface area contributed by atoms with E-state index < -0.39 is 0 Å². The van der Waals surface area contributed by atoms with Gasteiger partial charge in [-0.2, -0.15) is 0 Å². The Labute approximate surface area is 229 Å². The molecule has 0 saturated carbocycles. The summed E-state index contributed by atoms with van der Waals surface area (Å²) in [6, 6.07) is 28.4. The van der Waals surface area contributed by atoms with Crippen LogP contribution in [0.5, 0.6) is 5.75 Å². The third-order valence-electron chi connectivity index (χ3n) is 7.40. The van der Waals surface area contributed by atoms with E-state index in [-0.39, 0.29) is 11.2 Å². The van der Waals surface area contributed by atoms with E-state index in [1.54, 1.807) is 12.1 Å². The van der Waals surface area contributed by atoms with Gasteiger partial charge < -0.3 is 9.52 Å². The molecule has 0 aliphatic heterocycles. The predicted molar refractivity (Wildman–Crippen MR) is 160 cm³/mol. The quantitative estimate of drug-likeness (QED) is 0.255. The van der Waals surface area contributed by atoms with E-state index in [0.29, 0.717) is 23.0 Å². The average Bonchev–Trinajstić information content (AvgIpc) is 3.36. The lowest BCUT2D eigenvalue weighted by Gasteiger charge is -2.23. The first kappa shape index (κ1) is 24.9. The highest BCUT2D eigenvalue weighted by atomic mass is 16.3. The summed E-state index contributed by atoms with van der Waals surface area (Å²) in [6.45, 7) is 11.2. The number of pyridine rings is 1. The number of hydrogen-bond donors (Lipinski definition) is 1. The number of phenols is 1. The number of hydrogen-bond acceptors (Lipinski definition) is 4. The number of aromatic hydroxyl groups is 1. The second-order valence-corrected chi connectivity index (χ2v) is 11.5. The van der Waals surface area contributed by atoms with Crippen LogP contribution in [0.4, 0.5) is 0 Å². The monoisotopic (exact) mass is 512 g/mol. The smallest absolute Gasteiger partial charge is 0.231 e. The highest BCUT2D eigenvalue weighted by molar-refractivity contribution is 5.98. The van der Waals surface area contributed by atoms with Crippen molar-refractivity contribution in [2.24, 2.45) is 0 Å². The van der Waals surface area contributed by atoms with Crippen molar-refractivity contribution in [1.29, 1.82) is 0 Å². The lowest BCUT2D eigenvalue weighted by atomic mass is 9.82. The maximum Gasteiger partial charge on any atom is 0.231 e. The van der Waals surface area contributed by atoms with E-state index in [0.717, 1.165) is 33.3 Å². The van der Waals surface area contributed by atoms with Crippen LogP contribution < -0.4 is 0 Å². The topological polar surface area (TPSA) is 59.2 Å². The molecule has 1 N–H and O–H groups in total. The van der Waals surface area contributed by atoms with Gasteiger partial charge in [0.05, 0.1) is 11.1 Å². The van der Waals surface area contributed by atoms with Gasteiger partial charge in [0.1, 0.15) is 11.3 Å². The first-order valence-corrected chi connectivity index (χ1v) is 13.4. The van der Waals surface area contributed by atoms with Crippen molar-refractivity contribution in [3.63, 3.8) is 0 Å². The highest BCUT2D eigenvalue weighted by Crippen LogP contribution is 2.39. The molecule has 6 aromatic rings. The summed E-state index contributed by atoms with van der Waals surface area (Å²) in [5.41, 5.74) is 9.90. The summed E-state index contributed by atoms with van der Waals surface area (Å²) >= 11 is 0. The molecule has 0 bridgehead atoms. The Balaban J connectivity index is 1.54. The second kappa shape index (κ2) is 9.39. The second-order valence-electron chi connectivity index (χ2n) is 11.5. The molecule has 0 unspecified atom stereocenters. The fourth-order valence-corrected chi connectivity index (χ4v) is 5.24. The van der Waals surface area contributed by atoms with Crippen molar-refractivity contribution in [3.05, 3.63) is 102 Å². The summed E-state index contributed by atoms with van der Waals surface area (Å²) in [4.78, 5) is 9.68. The van der Waals surface area contributed by atoms with Gasteiger partial charge >= 0.3 is 0 Å². The third kappa shape index (κ3) is 4.46. The van der Waals surface area contributed by atoms with Gasteiger partial charge in [-0.3, -0.25) is 4.98 Å². The zero-order valence-corrected chi connectivity index (χ0v) is 23.0. The van der Waals surface area contributed by atoms with Crippen molar-refractivity contribution < 1.29 is 9.52 Å². The van der Waals surface area contributed by atoms with Crippen LogP contribution in [0.15, 0.2) is 95.5 Å². The molecule has 2 heterocycles. The van der Waals surface area contributed by atoms with Crippen LogP contribution in [0.2, 0.25) is 0 Å². The predicted octanol–water partition coefficient (Wildman–Crippen LogP) is 9.50. The molecule has 39 heavy (non-hydrogen) atoms. The maximum atomic E-state index is 10.4. The lowest BCUT2D eigenvalue weighted by Crippen LogP contribution is -2.11. The molecular weight excluding hydrogens is 480 g/mol. The summed E-state index contributed by atoms with van der Waals surface area (Å²) in [7, 11) is 0. The normalized spacial score (nSPS) is 12.1. The Morgan fingerprint density at radius 3 is 2.21 bits per heavy atom. The van der Waals surface area contributed by atoms with E-state index in [2.05, 4.69) is 83.1 Å². The highest BCUT2D eigenvalue weighted by Gasteiger charge is 2.20. The van der Waals surface area contributed by atoms with Gasteiger partial charge in [-0.25, -0.2) is 4.98 Å². The number of oxazole rings is 1. The van der Waals surface area contributed by atoms with Gasteiger partial charge in [0, 0.05) is 22.7 Å². The molecular formula is C35H32N2O2. The minimum atomic E-state index is -0.00362. The van der Waals surface area contributed by atoms with E-state index in [1.165, 1.54) is 16.5 Å². The zero-order chi connectivity index (χ0) is 27.3. The number of rotatable bonds is 4. The molecule has 0 amide bonds. The Bertz CT molecular complexity index is 1840. The number of aromatic nitrogens is 2. The van der Waals surface area contributed by atoms with Crippen molar-refractivity contribution in [2.45, 2.75) is 46.0 Å². The summed E-state index contributed by atoms with van der Waals surface area (Å²) in [5, 5.41) is 11.6. The van der Waals surface area contributed by atoms with Crippen molar-refractivity contribution in [1.82, 2.24) is 9.97 Å². The van der Waals surface area contributed by atoms with Crippen molar-refractivity contribution in [2.75, 3.05) is 0 Å². The molecule has 0 atom stereocenters. The van der Waals surface area contributed by atoms with Gasteiger partial charge in [0.15, 0.2) is 5.58 Å². The minimum Gasteiger partial charge on any atom is -0.507 e. The van der Waals surface area contributed by atoms with Gasteiger partial charge in [0.2, 0.25) is 5.89 Å². The Morgan fingerprint density at radius 2 is 1.46 bits per heavy atom. The molecule has 4 heteroatoms. The Hall–Kier alpha value is -4.44. The van der Waals surface area contributed by atoms with Crippen LogP contribution in [-0.4, -0.2) is 15.1 Å². The van der Waals surface area contributed by atoms with Crippen LogP contribution in [0.3, 0.4) is 0 Å². The number of fused-ring (bicyclic) bond motifs is 2. The molecule has 0 radical (unpaired) electrons. The van der Waals surface area contributed by atoms with Crippen molar-refractivity contribution >= 4 is 22.0 Å². The molecule has 2 aromatic heterocycles. The largest absolute Gasteiger partial charge is 0.507 e. The molecule has 194 valence electrons. The first-order valence-electron chi connectivity index (χ1n) is 13.4. The van der Waals surface area contributed by atoms with Crippen molar-refractivity contribution in [3.8, 4) is 39.5 Å². The summed E-state index contributed by atoms with van der Waals surface area (Å²) in [5.74, 6) is 0.945. The maximum absolute atomic E-state index is 10.4. The average molecular weight is 513 g/mol. The van der Waals surface area contributed by atoms with Crippen LogP contribution >= 0.6 is 0 Å². The number of benzene rings is 4. The molecule has 6 rings (SSSR count). The fraction of sp³-hybridized carbons (Fsp3) is 0.200. The molecule has 0 aliphatic rings. The standard InChI is InChI=1S/C35H32N2O2/c1-21(2)25-16-17-36-32-28(19-24(20-29(25)32)35(3,4)5)23-11-8-10-22(18-23)26-13-9-15-31-33(26)37-34(39-31)27-12-6-7-14-30(27)38/h6-21,38H,1-5H3. The molecule has 4 nitrogen and oxygen atoms in total.